The van der Waals surface area contributed by atoms with E-state index in [0.717, 1.165) is 0 Å². The molecular formula is C24H21FN4O4. The first-order chi connectivity index (χ1) is 15.9. The zero-order valence-corrected chi connectivity index (χ0v) is 18.0. The summed E-state index contributed by atoms with van der Waals surface area (Å²) in [5, 5.41) is 4.66. The standard InChI is InChI=1S/C24H21FN4O4/c1-2-33-20(31)11-13-24-12-10-19(30)28(24)18-9-8-16(25)14-17(18)22-26-23(32)21(27-29(22)24)15-6-4-3-5-7-15/h3-9,14H,2,10-13H2,1H3/t24-/m0/s1. The summed E-state index contributed by atoms with van der Waals surface area (Å²) in [6, 6.07) is 12.9. The van der Waals surface area contributed by atoms with Crippen molar-refractivity contribution < 1.29 is 18.7 Å². The molecule has 8 nitrogen and oxygen atoms in total. The van der Waals surface area contributed by atoms with Gasteiger partial charge < -0.3 is 4.74 Å². The van der Waals surface area contributed by atoms with Crippen LogP contribution >= 0.6 is 0 Å². The van der Waals surface area contributed by atoms with Crippen LogP contribution in [-0.2, 0) is 20.0 Å². The number of carbonyl (C=O) groups is 2. The second-order valence-corrected chi connectivity index (χ2v) is 8.05. The summed E-state index contributed by atoms with van der Waals surface area (Å²) in [7, 11) is 0. The van der Waals surface area contributed by atoms with Crippen molar-refractivity contribution in [3.8, 4) is 22.6 Å². The van der Waals surface area contributed by atoms with Gasteiger partial charge in [-0.15, -0.1) is 0 Å². The zero-order valence-electron chi connectivity index (χ0n) is 18.0. The highest BCUT2D eigenvalue weighted by Crippen LogP contribution is 2.50. The lowest BCUT2D eigenvalue weighted by atomic mass is 9.95. The molecule has 1 atom stereocenters. The summed E-state index contributed by atoms with van der Waals surface area (Å²) in [6.45, 7) is 1.97. The molecule has 1 saturated heterocycles. The van der Waals surface area contributed by atoms with Gasteiger partial charge in [0, 0.05) is 36.8 Å². The number of hydrogen-bond donors (Lipinski definition) is 0. The Balaban J connectivity index is 1.76. The fourth-order valence-electron chi connectivity index (χ4n) is 4.71. The highest BCUT2D eigenvalue weighted by Gasteiger charge is 2.53. The van der Waals surface area contributed by atoms with Crippen LogP contribution in [0.4, 0.5) is 10.1 Å². The normalized spacial score (nSPS) is 18.5. The molecule has 168 valence electrons. The van der Waals surface area contributed by atoms with Gasteiger partial charge in [-0.2, -0.15) is 10.1 Å². The minimum Gasteiger partial charge on any atom is -0.466 e. The third kappa shape index (κ3) is 3.31. The molecule has 2 aliphatic heterocycles. The average molecular weight is 448 g/mol. The fraction of sp³-hybridized carbons (Fsp3) is 0.292. The molecular weight excluding hydrogens is 427 g/mol. The van der Waals surface area contributed by atoms with Gasteiger partial charge in [0.2, 0.25) is 5.91 Å². The van der Waals surface area contributed by atoms with Gasteiger partial charge in [-0.3, -0.25) is 19.3 Å². The minimum atomic E-state index is -1.06. The van der Waals surface area contributed by atoms with Crippen molar-refractivity contribution in [2.75, 3.05) is 11.5 Å². The number of esters is 1. The van der Waals surface area contributed by atoms with E-state index in [4.69, 9.17) is 4.74 Å². The highest BCUT2D eigenvalue weighted by molar-refractivity contribution is 6.01. The maximum Gasteiger partial charge on any atom is 0.305 e. The largest absolute Gasteiger partial charge is 0.466 e. The topological polar surface area (TPSA) is 94.4 Å². The molecule has 5 rings (SSSR count). The maximum absolute atomic E-state index is 14.2. The summed E-state index contributed by atoms with van der Waals surface area (Å²) in [4.78, 5) is 44.1. The molecule has 3 aromatic rings. The van der Waals surface area contributed by atoms with Crippen LogP contribution in [0.5, 0.6) is 0 Å². The summed E-state index contributed by atoms with van der Waals surface area (Å²) in [6.07, 6.45) is 0.837. The van der Waals surface area contributed by atoms with Crippen LogP contribution in [0.2, 0.25) is 0 Å². The molecule has 0 aliphatic carbocycles. The Bertz CT molecular complexity index is 1320. The highest BCUT2D eigenvalue weighted by atomic mass is 19.1. The molecule has 9 heteroatoms. The van der Waals surface area contributed by atoms with E-state index in [9.17, 15) is 18.8 Å². The molecule has 2 aromatic carbocycles. The number of anilines is 1. The van der Waals surface area contributed by atoms with Gasteiger partial charge in [-0.05, 0) is 25.1 Å². The van der Waals surface area contributed by atoms with Crippen molar-refractivity contribution in [3.05, 3.63) is 64.7 Å². The molecule has 0 saturated carbocycles. The number of ether oxygens (including phenoxy) is 1. The number of hydrogen-bond acceptors (Lipinski definition) is 6. The van der Waals surface area contributed by atoms with Crippen LogP contribution in [0.25, 0.3) is 22.6 Å². The Hall–Kier alpha value is -3.88. The minimum absolute atomic E-state index is 0.0437. The Kier molecular flexibility index (Phi) is 5.03. The number of rotatable bonds is 5. The van der Waals surface area contributed by atoms with Crippen molar-refractivity contribution in [2.24, 2.45) is 0 Å². The van der Waals surface area contributed by atoms with Crippen LogP contribution in [-0.4, -0.2) is 33.2 Å². The third-order valence-electron chi connectivity index (χ3n) is 6.13. The van der Waals surface area contributed by atoms with Gasteiger partial charge in [0.1, 0.15) is 11.5 Å². The van der Waals surface area contributed by atoms with E-state index in [-0.39, 0.29) is 43.3 Å². The predicted molar refractivity (Wildman–Crippen MR) is 118 cm³/mol. The summed E-state index contributed by atoms with van der Waals surface area (Å²) in [5.74, 6) is -0.912. The first-order valence-electron chi connectivity index (χ1n) is 10.8. The number of amides is 1. The van der Waals surface area contributed by atoms with Crippen LogP contribution in [0.15, 0.2) is 53.3 Å². The van der Waals surface area contributed by atoms with Crippen LogP contribution in [0.1, 0.15) is 32.6 Å². The van der Waals surface area contributed by atoms with E-state index in [2.05, 4.69) is 10.1 Å². The molecule has 1 fully saturated rings. The van der Waals surface area contributed by atoms with Gasteiger partial charge in [0.05, 0.1) is 12.3 Å². The fourth-order valence-corrected chi connectivity index (χ4v) is 4.71. The average Bonchev–Trinajstić information content (AvgIpc) is 3.16. The molecule has 3 heterocycles. The Morgan fingerprint density at radius 3 is 2.73 bits per heavy atom. The molecule has 0 spiro atoms. The maximum atomic E-state index is 14.2. The Morgan fingerprint density at radius 1 is 1.18 bits per heavy atom. The summed E-state index contributed by atoms with van der Waals surface area (Å²) in [5.41, 5.74) is -0.166. The van der Waals surface area contributed by atoms with Gasteiger partial charge in [0.15, 0.2) is 11.5 Å². The van der Waals surface area contributed by atoms with E-state index in [1.807, 2.05) is 6.07 Å². The number of aromatic nitrogens is 3. The predicted octanol–water partition coefficient (Wildman–Crippen LogP) is 3.25. The smallest absolute Gasteiger partial charge is 0.305 e. The number of fused-ring (bicyclic) bond motifs is 6. The monoisotopic (exact) mass is 448 g/mol. The molecule has 0 unspecified atom stereocenters. The lowest BCUT2D eigenvalue weighted by Crippen LogP contribution is -2.53. The summed E-state index contributed by atoms with van der Waals surface area (Å²) < 4.78 is 20.8. The lowest BCUT2D eigenvalue weighted by Gasteiger charge is -2.44. The van der Waals surface area contributed by atoms with Crippen molar-refractivity contribution in [2.45, 2.75) is 38.3 Å². The molecule has 0 radical (unpaired) electrons. The molecule has 1 aromatic heterocycles. The molecule has 1 amide bonds. The van der Waals surface area contributed by atoms with E-state index >= 15 is 0 Å². The SMILES string of the molecule is CCOC(=O)CC[C@@]12CCC(=O)N1c1ccc(F)cc1-c1nc(=O)c(-c3ccccc3)nn12. The van der Waals surface area contributed by atoms with Crippen molar-refractivity contribution >= 4 is 17.6 Å². The van der Waals surface area contributed by atoms with E-state index in [1.165, 1.54) is 22.9 Å². The van der Waals surface area contributed by atoms with E-state index in [1.54, 1.807) is 36.1 Å². The molecule has 2 aliphatic rings. The lowest BCUT2D eigenvalue weighted by molar-refractivity contribution is -0.143. The van der Waals surface area contributed by atoms with Crippen molar-refractivity contribution in [3.63, 3.8) is 0 Å². The van der Waals surface area contributed by atoms with Crippen molar-refractivity contribution in [1.29, 1.82) is 0 Å². The van der Waals surface area contributed by atoms with E-state index in [0.29, 0.717) is 23.2 Å². The van der Waals surface area contributed by atoms with E-state index < -0.39 is 23.0 Å². The molecule has 0 bridgehead atoms. The van der Waals surface area contributed by atoms with Gasteiger partial charge in [-0.1, -0.05) is 30.3 Å². The van der Waals surface area contributed by atoms with Crippen LogP contribution in [0, 0.1) is 5.82 Å². The second-order valence-electron chi connectivity index (χ2n) is 8.05. The second kappa shape index (κ2) is 7.91. The number of nitrogens with zero attached hydrogens (tertiary/aromatic N) is 4. The van der Waals surface area contributed by atoms with Gasteiger partial charge in [0.25, 0.3) is 5.56 Å². The van der Waals surface area contributed by atoms with Crippen LogP contribution in [0.3, 0.4) is 0 Å². The summed E-state index contributed by atoms with van der Waals surface area (Å²) >= 11 is 0. The molecule has 0 N–H and O–H groups in total. The number of carbonyl (C=O) groups excluding carboxylic acids is 2. The zero-order chi connectivity index (χ0) is 23.2. The van der Waals surface area contributed by atoms with Crippen molar-refractivity contribution in [1.82, 2.24) is 14.8 Å². The third-order valence-corrected chi connectivity index (χ3v) is 6.13. The van der Waals surface area contributed by atoms with Crippen LogP contribution < -0.4 is 10.5 Å². The Morgan fingerprint density at radius 2 is 1.97 bits per heavy atom. The molecule has 33 heavy (non-hydrogen) atoms. The number of benzene rings is 2. The Labute approximate surface area is 188 Å². The van der Waals surface area contributed by atoms with Gasteiger partial charge in [-0.25, -0.2) is 9.07 Å². The van der Waals surface area contributed by atoms with Gasteiger partial charge >= 0.3 is 5.97 Å². The first-order valence-corrected chi connectivity index (χ1v) is 10.8. The quantitative estimate of drug-likeness (QED) is 0.556. The number of halogens is 1. The first kappa shape index (κ1) is 21.0.